The standard InChI is InChI=1S/C34H30N4O8S4/c1-47-29-15-19(11-13-25(29)33(49(41,42)43)17-27(37-35)31(39)21-7-3-5-9-23(21)33)20-12-14-26(30(16-20)48-2)34(50(44,45)46)18-28(38-36)32(40)22-8-4-6-10-24(22)34/h3-16,35-36,39-40H,17-18H2,1-2H3,(H,41,42,43)(H,44,45,46)/b37-35+,38-36+. The van der Waals surface area contributed by atoms with Crippen LogP contribution in [-0.2, 0) is 29.7 Å². The molecule has 4 aromatic rings. The number of nitrogens with zero attached hydrogens (tertiary/aromatic N) is 2. The van der Waals surface area contributed by atoms with Crippen molar-refractivity contribution in [1.82, 2.24) is 0 Å². The molecule has 2 aliphatic rings. The average Bonchev–Trinajstić information content (AvgIpc) is 3.13. The molecule has 0 bridgehead atoms. The lowest BCUT2D eigenvalue weighted by atomic mass is 9.78. The van der Waals surface area contributed by atoms with Crippen molar-refractivity contribution in [2.24, 2.45) is 10.2 Å². The molecular formula is C34H30N4O8S4. The molecule has 6 rings (SSSR count). The van der Waals surface area contributed by atoms with Crippen LogP contribution in [0.4, 0.5) is 0 Å². The summed E-state index contributed by atoms with van der Waals surface area (Å²) in [7, 11) is -9.96. The quantitative estimate of drug-likeness (QED) is 0.0545. The molecule has 50 heavy (non-hydrogen) atoms. The second-order valence-corrected chi connectivity index (χ2v) is 16.7. The van der Waals surface area contributed by atoms with Gasteiger partial charge < -0.3 is 10.2 Å². The summed E-state index contributed by atoms with van der Waals surface area (Å²) in [4.78, 5) is 0.898. The van der Waals surface area contributed by atoms with Gasteiger partial charge in [0, 0.05) is 33.8 Å². The highest BCUT2D eigenvalue weighted by Crippen LogP contribution is 2.54. The lowest BCUT2D eigenvalue weighted by Gasteiger charge is -2.37. The van der Waals surface area contributed by atoms with Crippen molar-refractivity contribution in [3.8, 4) is 11.1 Å². The molecule has 0 heterocycles. The molecule has 0 aliphatic heterocycles. The minimum atomic E-state index is -4.98. The summed E-state index contributed by atoms with van der Waals surface area (Å²) in [5.41, 5.74) is 7.66. The molecule has 0 radical (unpaired) electrons. The van der Waals surface area contributed by atoms with Gasteiger partial charge >= 0.3 is 0 Å². The Morgan fingerprint density at radius 1 is 0.640 bits per heavy atom. The van der Waals surface area contributed by atoms with E-state index in [1.165, 1.54) is 47.8 Å². The number of hydrogen-bond acceptors (Lipinski definition) is 12. The Labute approximate surface area is 299 Å². The van der Waals surface area contributed by atoms with E-state index in [0.29, 0.717) is 20.9 Å². The maximum Gasteiger partial charge on any atom is 0.279 e. The molecule has 0 amide bonds. The van der Waals surface area contributed by atoms with Gasteiger partial charge in [-0.05, 0) is 58.0 Å². The Morgan fingerprint density at radius 2 is 1.02 bits per heavy atom. The number of fused-ring (bicyclic) bond motifs is 2. The highest BCUT2D eigenvalue weighted by molar-refractivity contribution is 7.99. The first-order valence-corrected chi connectivity index (χ1v) is 20.1. The number of aliphatic hydroxyl groups excluding tert-OH is 2. The number of benzene rings is 4. The first kappa shape index (κ1) is 32.9. The normalized spacial score (nSPS) is 21.7. The fourth-order valence-electron chi connectivity index (χ4n) is 7.02. The molecule has 4 aromatic carbocycles. The number of hydrogen-bond donors (Lipinski definition) is 6. The zero-order valence-electron chi connectivity index (χ0n) is 28.3. The summed E-state index contributed by atoms with van der Waals surface area (Å²) >= 11 is 2.42. The number of aliphatic hydroxyl groups is 2. The van der Waals surface area contributed by atoms with E-state index < -0.39 is 42.6 Å². The summed E-state index contributed by atoms with van der Waals surface area (Å²) in [6.45, 7) is 0. The first-order valence-electron chi connectivity index (χ1n) is 15.6. The van der Waals surface area contributed by atoms with Gasteiger partial charge in [-0.15, -0.1) is 23.5 Å². The van der Waals surface area contributed by atoms with E-state index in [1.54, 1.807) is 73.2 Å². The molecule has 0 fully saturated rings. The van der Waals surface area contributed by atoms with Crippen LogP contribution in [0.3, 0.4) is 0 Å². The predicted molar refractivity (Wildman–Crippen MR) is 192 cm³/mol. The predicted octanol–water partition coefficient (Wildman–Crippen LogP) is 8.38. The molecular weight excluding hydrogens is 721 g/mol. The SMILES string of the molecule is [H]/N=N/C1=C(O)c2ccccc2C(c2ccc(-c3ccc(C4(S(=O)(=O)O)CC(/N=N/[H])=C(O)c5ccccc54)c(SC)c3)cc2SC)(S(=O)(=O)O)C1. The van der Waals surface area contributed by atoms with Crippen molar-refractivity contribution >= 4 is 55.3 Å². The van der Waals surface area contributed by atoms with Crippen molar-refractivity contribution in [3.05, 3.63) is 130 Å². The van der Waals surface area contributed by atoms with Gasteiger partial charge in [-0.3, -0.25) is 9.11 Å². The van der Waals surface area contributed by atoms with E-state index in [0.717, 1.165) is 0 Å². The van der Waals surface area contributed by atoms with E-state index >= 15 is 0 Å². The molecule has 12 nitrogen and oxygen atoms in total. The summed E-state index contributed by atoms with van der Waals surface area (Å²) in [6.07, 6.45) is 2.43. The lowest BCUT2D eigenvalue weighted by Crippen LogP contribution is -2.40. The molecule has 2 atom stereocenters. The fraction of sp³-hybridized carbons (Fsp3) is 0.176. The summed E-state index contributed by atoms with van der Waals surface area (Å²) in [5, 5.41) is 29.2. The van der Waals surface area contributed by atoms with E-state index in [-0.39, 0.29) is 56.3 Å². The Kier molecular flexibility index (Phi) is 8.40. The molecule has 0 saturated carbocycles. The molecule has 0 aromatic heterocycles. The Morgan fingerprint density at radius 3 is 1.36 bits per heavy atom. The fourth-order valence-corrected chi connectivity index (χ4v) is 11.0. The highest BCUT2D eigenvalue weighted by Gasteiger charge is 2.54. The van der Waals surface area contributed by atoms with Gasteiger partial charge in [0.15, 0.2) is 9.49 Å². The summed E-state index contributed by atoms with van der Waals surface area (Å²) in [5.74, 6) is -0.719. The van der Waals surface area contributed by atoms with Crippen LogP contribution in [0.15, 0.2) is 116 Å². The minimum absolute atomic E-state index is 0.109. The van der Waals surface area contributed by atoms with Crippen LogP contribution in [0, 0.1) is 11.0 Å². The van der Waals surface area contributed by atoms with E-state index in [2.05, 4.69) is 21.3 Å². The third-order valence-electron chi connectivity index (χ3n) is 9.34. The van der Waals surface area contributed by atoms with Gasteiger partial charge in [-0.25, -0.2) is 11.0 Å². The smallest absolute Gasteiger partial charge is 0.279 e. The average molecular weight is 751 g/mol. The Hall–Kier alpha value is -4.32. The molecule has 2 unspecified atom stereocenters. The van der Waals surface area contributed by atoms with Crippen LogP contribution in [0.2, 0.25) is 2.82 Å². The van der Waals surface area contributed by atoms with Crippen LogP contribution in [0.25, 0.3) is 22.6 Å². The Balaban J connectivity index is 1.55. The van der Waals surface area contributed by atoms with Crippen LogP contribution >= 0.6 is 23.5 Å². The molecule has 258 valence electrons. The number of rotatable bonds is 9. The minimum Gasteiger partial charge on any atom is -0.505 e. The summed E-state index contributed by atoms with van der Waals surface area (Å²) < 4.78 is 86.2. The van der Waals surface area contributed by atoms with Crippen LogP contribution < -0.4 is 0 Å². The number of thioether (sulfide) groups is 2. The maximum atomic E-state index is 13.5. The zero-order valence-corrected chi connectivity index (χ0v) is 29.6. The molecule has 6 N–H and O–H groups in total. The second-order valence-electron chi connectivity index (χ2n) is 11.7. The molecule has 16 heteroatoms. The van der Waals surface area contributed by atoms with E-state index in [4.69, 9.17) is 2.82 Å². The highest BCUT2D eigenvalue weighted by atomic mass is 32.2. The van der Waals surface area contributed by atoms with Gasteiger partial charge in [-0.1, -0.05) is 72.8 Å². The van der Waals surface area contributed by atoms with Crippen molar-refractivity contribution in [2.45, 2.75) is 32.1 Å². The van der Waals surface area contributed by atoms with Crippen LogP contribution in [0.5, 0.6) is 0 Å². The monoisotopic (exact) mass is 750 g/mol. The Bertz CT molecular complexity index is 2300. The van der Waals surface area contributed by atoms with Crippen molar-refractivity contribution in [2.75, 3.05) is 12.5 Å². The van der Waals surface area contributed by atoms with Crippen molar-refractivity contribution in [1.29, 1.82) is 11.0 Å². The third kappa shape index (κ3) is 5.20. The van der Waals surface area contributed by atoms with Crippen LogP contribution in [-0.4, -0.2) is 48.7 Å². The van der Waals surface area contributed by atoms with Gasteiger partial charge in [-0.2, -0.15) is 27.1 Å². The zero-order chi connectivity index (χ0) is 37.6. The van der Waals surface area contributed by atoms with E-state index in [9.17, 15) is 36.2 Å². The number of nitrogens with one attached hydrogen (secondary N) is 2. The number of allylic oxidation sites excluding steroid dienone is 2. The van der Waals surface area contributed by atoms with Crippen molar-refractivity contribution < 1.29 is 39.0 Å². The lowest BCUT2D eigenvalue weighted by molar-refractivity contribution is 0.428. The molecule has 0 saturated heterocycles. The maximum absolute atomic E-state index is 13.5. The van der Waals surface area contributed by atoms with Gasteiger partial charge in [0.05, 0.1) is 0 Å². The molecule has 2 aliphatic carbocycles. The van der Waals surface area contributed by atoms with Gasteiger partial charge in [0.2, 0.25) is 2.82 Å². The van der Waals surface area contributed by atoms with Gasteiger partial charge in [0.25, 0.3) is 20.2 Å². The van der Waals surface area contributed by atoms with E-state index in [1.807, 2.05) is 0 Å². The third-order valence-corrected chi connectivity index (χ3v) is 13.8. The topological polar surface area (TPSA) is 222 Å². The van der Waals surface area contributed by atoms with Crippen molar-refractivity contribution in [3.63, 3.8) is 0 Å². The second kappa shape index (κ2) is 12.8. The first-order chi connectivity index (χ1) is 24.7. The molecule has 0 spiro atoms. The van der Waals surface area contributed by atoms with Gasteiger partial charge in [0.1, 0.15) is 22.9 Å². The van der Waals surface area contributed by atoms with Crippen LogP contribution in [0.1, 0.15) is 46.2 Å². The largest absolute Gasteiger partial charge is 0.505 e. The summed E-state index contributed by atoms with van der Waals surface area (Å²) in [6, 6.07) is 22.2.